The standard InChI is InChI=1S/C16H26N2S/c1-3-15-6-7-16(19-15)12(2)17-10-13-8-9-18(11-13)14-4-5-14/h6-7,12-14,17H,3-5,8-11H2,1-2H3. The van der Waals surface area contributed by atoms with Crippen LogP contribution in [0, 0.1) is 5.92 Å². The Hall–Kier alpha value is -0.380. The van der Waals surface area contributed by atoms with Crippen LogP contribution in [0.5, 0.6) is 0 Å². The molecule has 0 aromatic carbocycles. The number of nitrogens with zero attached hydrogens (tertiary/aromatic N) is 1. The van der Waals surface area contributed by atoms with Crippen molar-refractivity contribution in [2.45, 2.75) is 51.6 Å². The minimum absolute atomic E-state index is 0.514. The highest BCUT2D eigenvalue weighted by molar-refractivity contribution is 7.12. The quantitative estimate of drug-likeness (QED) is 0.857. The zero-order chi connectivity index (χ0) is 13.2. The third kappa shape index (κ3) is 3.39. The van der Waals surface area contributed by atoms with Gasteiger partial charge in [0.1, 0.15) is 0 Å². The molecule has 2 aliphatic rings. The number of hydrogen-bond donors (Lipinski definition) is 1. The molecule has 1 N–H and O–H groups in total. The summed E-state index contributed by atoms with van der Waals surface area (Å²) in [6.45, 7) is 8.39. The number of likely N-dealkylation sites (tertiary alicyclic amines) is 1. The Morgan fingerprint density at radius 3 is 2.89 bits per heavy atom. The van der Waals surface area contributed by atoms with Gasteiger partial charge in [-0.1, -0.05) is 6.92 Å². The highest BCUT2D eigenvalue weighted by Crippen LogP contribution is 2.31. The van der Waals surface area contributed by atoms with Crippen molar-refractivity contribution in [1.29, 1.82) is 0 Å². The first kappa shape index (κ1) is 13.6. The van der Waals surface area contributed by atoms with Crippen LogP contribution in [0.4, 0.5) is 0 Å². The van der Waals surface area contributed by atoms with Gasteiger partial charge in [0.15, 0.2) is 0 Å². The van der Waals surface area contributed by atoms with Crippen LogP contribution in [-0.2, 0) is 6.42 Å². The fraction of sp³-hybridized carbons (Fsp3) is 0.750. The van der Waals surface area contributed by atoms with Crippen molar-refractivity contribution in [3.8, 4) is 0 Å². The van der Waals surface area contributed by atoms with Gasteiger partial charge in [-0.05, 0) is 63.7 Å². The van der Waals surface area contributed by atoms with E-state index in [1.165, 1.54) is 48.7 Å². The molecule has 2 unspecified atom stereocenters. The Balaban J connectivity index is 1.44. The summed E-state index contributed by atoms with van der Waals surface area (Å²) in [5, 5.41) is 3.74. The monoisotopic (exact) mass is 278 g/mol. The fourth-order valence-electron chi connectivity index (χ4n) is 3.06. The zero-order valence-corrected chi connectivity index (χ0v) is 13.0. The van der Waals surface area contributed by atoms with E-state index in [1.54, 1.807) is 0 Å². The molecule has 1 saturated heterocycles. The van der Waals surface area contributed by atoms with Crippen LogP contribution in [-0.4, -0.2) is 30.6 Å². The van der Waals surface area contributed by atoms with Crippen LogP contribution in [0.3, 0.4) is 0 Å². The van der Waals surface area contributed by atoms with E-state index in [4.69, 9.17) is 0 Å². The second-order valence-electron chi connectivity index (χ2n) is 6.17. The molecule has 2 fully saturated rings. The van der Waals surface area contributed by atoms with E-state index in [1.807, 2.05) is 11.3 Å². The van der Waals surface area contributed by atoms with Crippen molar-refractivity contribution >= 4 is 11.3 Å². The van der Waals surface area contributed by atoms with E-state index in [0.29, 0.717) is 6.04 Å². The summed E-state index contributed by atoms with van der Waals surface area (Å²) in [4.78, 5) is 5.70. The lowest BCUT2D eigenvalue weighted by Crippen LogP contribution is -2.28. The summed E-state index contributed by atoms with van der Waals surface area (Å²) in [7, 11) is 0. The minimum Gasteiger partial charge on any atom is -0.309 e. The maximum Gasteiger partial charge on any atom is 0.0386 e. The topological polar surface area (TPSA) is 15.3 Å². The lowest BCUT2D eigenvalue weighted by molar-refractivity contribution is 0.310. The summed E-state index contributed by atoms with van der Waals surface area (Å²) < 4.78 is 0. The second kappa shape index (κ2) is 5.94. The Morgan fingerprint density at radius 2 is 2.21 bits per heavy atom. The van der Waals surface area contributed by atoms with Crippen molar-refractivity contribution in [1.82, 2.24) is 10.2 Å². The highest BCUT2D eigenvalue weighted by atomic mass is 32.1. The summed E-state index contributed by atoms with van der Waals surface area (Å²) in [5.41, 5.74) is 0. The van der Waals surface area contributed by atoms with Gasteiger partial charge in [0.05, 0.1) is 0 Å². The lowest BCUT2D eigenvalue weighted by Gasteiger charge is -2.17. The first-order chi connectivity index (χ1) is 9.26. The van der Waals surface area contributed by atoms with E-state index < -0.39 is 0 Å². The van der Waals surface area contributed by atoms with Crippen LogP contribution in [0.15, 0.2) is 12.1 Å². The van der Waals surface area contributed by atoms with Gasteiger partial charge in [0, 0.05) is 28.4 Å². The Bertz CT molecular complexity index is 411. The van der Waals surface area contributed by atoms with E-state index in [-0.39, 0.29) is 0 Å². The largest absolute Gasteiger partial charge is 0.309 e. The number of hydrogen-bond acceptors (Lipinski definition) is 3. The molecule has 0 spiro atoms. The zero-order valence-electron chi connectivity index (χ0n) is 12.2. The van der Waals surface area contributed by atoms with Gasteiger partial charge in [-0.15, -0.1) is 11.3 Å². The van der Waals surface area contributed by atoms with E-state index in [2.05, 4.69) is 36.2 Å². The first-order valence-electron chi connectivity index (χ1n) is 7.82. The molecule has 1 saturated carbocycles. The van der Waals surface area contributed by atoms with Gasteiger partial charge in [-0.2, -0.15) is 0 Å². The van der Waals surface area contributed by atoms with Gasteiger partial charge >= 0.3 is 0 Å². The van der Waals surface area contributed by atoms with Crippen LogP contribution in [0.1, 0.15) is 48.9 Å². The molecule has 1 aromatic rings. The van der Waals surface area contributed by atoms with E-state index in [9.17, 15) is 0 Å². The van der Waals surface area contributed by atoms with Crippen molar-refractivity contribution in [2.24, 2.45) is 5.92 Å². The van der Waals surface area contributed by atoms with Gasteiger partial charge in [-0.3, -0.25) is 0 Å². The van der Waals surface area contributed by atoms with E-state index in [0.717, 1.165) is 18.4 Å². The molecule has 0 radical (unpaired) electrons. The second-order valence-corrected chi connectivity index (χ2v) is 7.37. The molecule has 1 aliphatic carbocycles. The number of rotatable bonds is 6. The van der Waals surface area contributed by atoms with Crippen molar-refractivity contribution < 1.29 is 0 Å². The molecule has 3 rings (SSSR count). The molecular formula is C16H26N2S. The molecule has 2 heterocycles. The predicted octanol–water partition coefficient (Wildman–Crippen LogP) is 3.45. The molecule has 106 valence electrons. The van der Waals surface area contributed by atoms with Crippen molar-refractivity contribution in [2.75, 3.05) is 19.6 Å². The average Bonchev–Trinajstić information content (AvgIpc) is 2.99. The van der Waals surface area contributed by atoms with Crippen molar-refractivity contribution in [3.63, 3.8) is 0 Å². The molecule has 1 aromatic heterocycles. The molecule has 0 amide bonds. The number of aryl methyl sites for hydroxylation is 1. The summed E-state index contributed by atoms with van der Waals surface area (Å²) in [6.07, 6.45) is 5.45. The van der Waals surface area contributed by atoms with Gasteiger partial charge in [0.2, 0.25) is 0 Å². The fourth-order valence-corrected chi connectivity index (χ4v) is 4.04. The predicted molar refractivity (Wildman–Crippen MR) is 82.8 cm³/mol. The summed E-state index contributed by atoms with van der Waals surface area (Å²) >= 11 is 1.97. The third-order valence-corrected chi connectivity index (χ3v) is 5.96. The van der Waals surface area contributed by atoms with Gasteiger partial charge in [-0.25, -0.2) is 0 Å². The molecule has 2 nitrogen and oxygen atoms in total. The smallest absolute Gasteiger partial charge is 0.0386 e. The Labute approximate surface area is 121 Å². The van der Waals surface area contributed by atoms with Crippen LogP contribution >= 0.6 is 11.3 Å². The van der Waals surface area contributed by atoms with Gasteiger partial charge in [0.25, 0.3) is 0 Å². The van der Waals surface area contributed by atoms with E-state index >= 15 is 0 Å². The van der Waals surface area contributed by atoms with Crippen LogP contribution < -0.4 is 5.32 Å². The molecule has 19 heavy (non-hydrogen) atoms. The Kier molecular flexibility index (Phi) is 4.25. The molecule has 0 bridgehead atoms. The average molecular weight is 278 g/mol. The molecule has 3 heteroatoms. The lowest BCUT2D eigenvalue weighted by atomic mass is 10.1. The number of nitrogens with one attached hydrogen (secondary N) is 1. The van der Waals surface area contributed by atoms with Crippen LogP contribution in [0.2, 0.25) is 0 Å². The SMILES string of the molecule is CCc1ccc(C(C)NCC2CCN(C3CC3)C2)s1. The van der Waals surface area contributed by atoms with Crippen LogP contribution in [0.25, 0.3) is 0 Å². The normalized spacial score (nSPS) is 25.9. The third-order valence-electron chi connectivity index (χ3n) is 4.55. The molecule has 2 atom stereocenters. The van der Waals surface area contributed by atoms with Gasteiger partial charge < -0.3 is 10.2 Å². The molecular weight excluding hydrogens is 252 g/mol. The summed E-state index contributed by atoms with van der Waals surface area (Å²) in [6, 6.07) is 6.04. The van der Waals surface area contributed by atoms with Crippen molar-refractivity contribution in [3.05, 3.63) is 21.9 Å². The first-order valence-corrected chi connectivity index (χ1v) is 8.64. The maximum absolute atomic E-state index is 3.74. The number of thiophene rings is 1. The minimum atomic E-state index is 0.514. The maximum atomic E-state index is 3.74. The summed E-state index contributed by atoms with van der Waals surface area (Å²) in [5.74, 6) is 0.869. The molecule has 1 aliphatic heterocycles. The highest BCUT2D eigenvalue weighted by Gasteiger charge is 2.34. The Morgan fingerprint density at radius 1 is 1.37 bits per heavy atom.